The highest BCUT2D eigenvalue weighted by atomic mass is 16.5. The number of imide groups is 1. The van der Waals surface area contributed by atoms with Gasteiger partial charge in [0.15, 0.2) is 0 Å². The molecule has 0 spiro atoms. The summed E-state index contributed by atoms with van der Waals surface area (Å²) >= 11 is 0. The number of ether oxygens (including phenoxy) is 1. The second-order valence-corrected chi connectivity index (χ2v) is 5.67. The number of carbonyl (C=O) groups is 3. The highest BCUT2D eigenvalue weighted by Crippen LogP contribution is 2.11. The molecule has 0 bridgehead atoms. The SMILES string of the molecule is CC(C)OCC(C)(C)NC(=O)CN1C(=O)CCC1=O. The van der Waals surface area contributed by atoms with Gasteiger partial charge in [0.2, 0.25) is 17.7 Å². The number of nitrogens with one attached hydrogen (secondary N) is 1. The van der Waals surface area contributed by atoms with Crippen LogP contribution in [0.2, 0.25) is 0 Å². The van der Waals surface area contributed by atoms with Gasteiger partial charge in [-0.25, -0.2) is 0 Å². The molecule has 6 nitrogen and oxygen atoms in total. The van der Waals surface area contributed by atoms with Crippen LogP contribution in [0.1, 0.15) is 40.5 Å². The molecule has 1 fully saturated rings. The summed E-state index contributed by atoms with van der Waals surface area (Å²) in [7, 11) is 0. The topological polar surface area (TPSA) is 75.7 Å². The summed E-state index contributed by atoms with van der Waals surface area (Å²) in [6, 6.07) is 0. The van der Waals surface area contributed by atoms with Gasteiger partial charge in [-0.3, -0.25) is 19.3 Å². The molecule has 3 amide bonds. The maximum atomic E-state index is 11.8. The molecule has 0 aromatic heterocycles. The summed E-state index contributed by atoms with van der Waals surface area (Å²) in [6.45, 7) is 7.67. The van der Waals surface area contributed by atoms with Crippen LogP contribution in [0.5, 0.6) is 0 Å². The summed E-state index contributed by atoms with van der Waals surface area (Å²) in [5.74, 6) is -0.909. The molecule has 0 aromatic carbocycles. The van der Waals surface area contributed by atoms with Gasteiger partial charge in [0.25, 0.3) is 0 Å². The van der Waals surface area contributed by atoms with E-state index in [0.29, 0.717) is 6.61 Å². The van der Waals surface area contributed by atoms with E-state index in [1.54, 1.807) is 0 Å². The molecule has 1 N–H and O–H groups in total. The Morgan fingerprint density at radius 2 is 1.84 bits per heavy atom. The predicted octanol–water partition coefficient (Wildman–Crippen LogP) is 0.455. The Balaban J connectivity index is 2.46. The molecule has 1 rings (SSSR count). The van der Waals surface area contributed by atoms with Gasteiger partial charge >= 0.3 is 0 Å². The van der Waals surface area contributed by atoms with E-state index in [2.05, 4.69) is 5.32 Å². The first-order valence-corrected chi connectivity index (χ1v) is 6.47. The Morgan fingerprint density at radius 3 is 2.32 bits per heavy atom. The molecule has 0 atom stereocenters. The van der Waals surface area contributed by atoms with Crippen LogP contribution in [0.4, 0.5) is 0 Å². The largest absolute Gasteiger partial charge is 0.376 e. The van der Waals surface area contributed by atoms with Crippen molar-refractivity contribution in [3.63, 3.8) is 0 Å². The summed E-state index contributed by atoms with van der Waals surface area (Å²) in [5.41, 5.74) is -0.535. The Bertz CT molecular complexity index is 361. The molecule has 108 valence electrons. The van der Waals surface area contributed by atoms with Gasteiger partial charge in [-0.15, -0.1) is 0 Å². The van der Waals surface area contributed by atoms with Gasteiger partial charge in [-0.05, 0) is 27.7 Å². The van der Waals surface area contributed by atoms with Crippen molar-refractivity contribution in [1.29, 1.82) is 0 Å². The molecular formula is C13H22N2O4. The Hall–Kier alpha value is -1.43. The van der Waals surface area contributed by atoms with Crippen LogP contribution in [0, 0.1) is 0 Å². The highest BCUT2D eigenvalue weighted by Gasteiger charge is 2.31. The molecular weight excluding hydrogens is 248 g/mol. The maximum Gasteiger partial charge on any atom is 0.240 e. The van der Waals surface area contributed by atoms with Crippen LogP contribution >= 0.6 is 0 Å². The van der Waals surface area contributed by atoms with Gasteiger partial charge in [-0.2, -0.15) is 0 Å². The number of hydrogen-bond acceptors (Lipinski definition) is 4. The van der Waals surface area contributed by atoms with Crippen molar-refractivity contribution in [2.75, 3.05) is 13.2 Å². The standard InChI is InChI=1S/C13H22N2O4/c1-9(2)19-8-13(3,4)14-10(16)7-15-11(17)5-6-12(15)18/h9H,5-8H2,1-4H3,(H,14,16). The van der Waals surface area contributed by atoms with Gasteiger partial charge in [0.05, 0.1) is 18.2 Å². The lowest BCUT2D eigenvalue weighted by Gasteiger charge is -2.28. The van der Waals surface area contributed by atoms with E-state index in [1.807, 2.05) is 27.7 Å². The third-order valence-electron chi connectivity index (χ3n) is 2.71. The summed E-state index contributed by atoms with van der Waals surface area (Å²) in [6.07, 6.45) is 0.482. The molecule has 1 heterocycles. The minimum atomic E-state index is -0.535. The normalized spacial score (nSPS) is 16.4. The summed E-state index contributed by atoms with van der Waals surface area (Å²) < 4.78 is 5.46. The summed E-state index contributed by atoms with van der Waals surface area (Å²) in [4.78, 5) is 35.6. The Kier molecular flexibility index (Phi) is 5.05. The average molecular weight is 270 g/mol. The second kappa shape index (κ2) is 6.14. The smallest absolute Gasteiger partial charge is 0.240 e. The Morgan fingerprint density at radius 1 is 1.32 bits per heavy atom. The maximum absolute atomic E-state index is 11.8. The second-order valence-electron chi connectivity index (χ2n) is 5.67. The zero-order valence-electron chi connectivity index (χ0n) is 12.0. The minimum Gasteiger partial charge on any atom is -0.376 e. The van der Waals surface area contributed by atoms with E-state index < -0.39 is 5.54 Å². The van der Waals surface area contributed by atoms with Crippen LogP contribution < -0.4 is 5.32 Å². The molecule has 19 heavy (non-hydrogen) atoms. The fourth-order valence-electron chi connectivity index (χ4n) is 1.77. The number of amides is 3. The molecule has 0 saturated carbocycles. The van der Waals surface area contributed by atoms with Gasteiger partial charge in [0, 0.05) is 12.8 Å². The minimum absolute atomic E-state index is 0.0814. The number of rotatable bonds is 6. The van der Waals surface area contributed by atoms with Crippen molar-refractivity contribution in [3.8, 4) is 0 Å². The van der Waals surface area contributed by atoms with Crippen molar-refractivity contribution in [3.05, 3.63) is 0 Å². The number of nitrogens with zero attached hydrogens (tertiary/aromatic N) is 1. The number of carbonyl (C=O) groups excluding carboxylic acids is 3. The molecule has 0 radical (unpaired) electrons. The molecule has 1 aliphatic heterocycles. The zero-order chi connectivity index (χ0) is 14.6. The van der Waals surface area contributed by atoms with E-state index in [0.717, 1.165) is 4.90 Å². The molecule has 0 unspecified atom stereocenters. The lowest BCUT2D eigenvalue weighted by molar-refractivity contribution is -0.142. The lowest BCUT2D eigenvalue weighted by Crippen LogP contribution is -2.51. The van der Waals surface area contributed by atoms with E-state index in [-0.39, 0.29) is 43.2 Å². The van der Waals surface area contributed by atoms with Crippen LogP contribution in [-0.2, 0) is 19.1 Å². The Labute approximate surface area is 113 Å². The number of hydrogen-bond donors (Lipinski definition) is 1. The van der Waals surface area contributed by atoms with Crippen molar-refractivity contribution in [2.45, 2.75) is 52.2 Å². The van der Waals surface area contributed by atoms with Crippen molar-refractivity contribution in [1.82, 2.24) is 10.2 Å². The van der Waals surface area contributed by atoms with Crippen molar-refractivity contribution in [2.24, 2.45) is 0 Å². The molecule has 0 aliphatic carbocycles. The van der Waals surface area contributed by atoms with Crippen molar-refractivity contribution >= 4 is 17.7 Å². The summed E-state index contributed by atoms with van der Waals surface area (Å²) in [5, 5.41) is 2.77. The first-order chi connectivity index (χ1) is 8.71. The van der Waals surface area contributed by atoms with Gasteiger partial charge in [0.1, 0.15) is 6.54 Å². The zero-order valence-corrected chi connectivity index (χ0v) is 12.0. The van der Waals surface area contributed by atoms with E-state index in [9.17, 15) is 14.4 Å². The van der Waals surface area contributed by atoms with Crippen LogP contribution in [-0.4, -0.2) is 47.4 Å². The van der Waals surface area contributed by atoms with E-state index in [4.69, 9.17) is 4.74 Å². The lowest BCUT2D eigenvalue weighted by atomic mass is 10.1. The molecule has 0 aromatic rings. The van der Waals surface area contributed by atoms with Crippen LogP contribution in [0.25, 0.3) is 0 Å². The van der Waals surface area contributed by atoms with Gasteiger partial charge in [-0.1, -0.05) is 0 Å². The van der Waals surface area contributed by atoms with Crippen LogP contribution in [0.15, 0.2) is 0 Å². The fourth-order valence-corrected chi connectivity index (χ4v) is 1.77. The molecule has 1 saturated heterocycles. The highest BCUT2D eigenvalue weighted by molar-refractivity contribution is 6.04. The first-order valence-electron chi connectivity index (χ1n) is 6.47. The third-order valence-corrected chi connectivity index (χ3v) is 2.71. The quantitative estimate of drug-likeness (QED) is 0.711. The van der Waals surface area contributed by atoms with Crippen molar-refractivity contribution < 1.29 is 19.1 Å². The number of likely N-dealkylation sites (tertiary alicyclic amines) is 1. The monoisotopic (exact) mass is 270 g/mol. The first kappa shape index (κ1) is 15.6. The third kappa shape index (κ3) is 4.98. The average Bonchev–Trinajstić information content (AvgIpc) is 2.57. The van der Waals surface area contributed by atoms with E-state index in [1.165, 1.54) is 0 Å². The van der Waals surface area contributed by atoms with Gasteiger partial charge < -0.3 is 10.1 Å². The molecule has 1 aliphatic rings. The fraction of sp³-hybridized carbons (Fsp3) is 0.769. The van der Waals surface area contributed by atoms with E-state index >= 15 is 0 Å². The molecule has 6 heteroatoms. The predicted molar refractivity (Wildman–Crippen MR) is 69.3 cm³/mol. The van der Waals surface area contributed by atoms with Crippen LogP contribution in [0.3, 0.4) is 0 Å².